The molecule has 0 unspecified atom stereocenters. The molecule has 0 aliphatic carbocycles. The molecule has 0 saturated carbocycles. The van der Waals surface area contributed by atoms with Crippen molar-refractivity contribution in [2.24, 2.45) is 5.10 Å². The second kappa shape index (κ2) is 5.27. The predicted molar refractivity (Wildman–Crippen MR) is 65.0 cm³/mol. The number of halogens is 1. The number of benzene rings is 1. The smallest absolute Gasteiger partial charge is 0.271 e. The zero-order chi connectivity index (χ0) is 12.1. The normalized spacial score (nSPS) is 10.6. The highest BCUT2D eigenvalue weighted by Gasteiger charge is 2.02. The van der Waals surface area contributed by atoms with Crippen LogP contribution in [-0.2, 0) is 0 Å². The highest BCUT2D eigenvalue weighted by molar-refractivity contribution is 6.30. The van der Waals surface area contributed by atoms with Gasteiger partial charge in [-0.3, -0.25) is 9.36 Å². The highest BCUT2D eigenvalue weighted by atomic mass is 35.5. The van der Waals surface area contributed by atoms with Gasteiger partial charge < -0.3 is 0 Å². The number of imidazole rings is 1. The summed E-state index contributed by atoms with van der Waals surface area (Å²) >= 11 is 5.72. The molecule has 0 saturated heterocycles. The van der Waals surface area contributed by atoms with Crippen LogP contribution in [0.1, 0.15) is 10.4 Å². The van der Waals surface area contributed by atoms with E-state index in [1.165, 1.54) is 6.34 Å². The van der Waals surface area contributed by atoms with Gasteiger partial charge in [0.25, 0.3) is 5.91 Å². The van der Waals surface area contributed by atoms with E-state index in [4.69, 9.17) is 11.6 Å². The maximum Gasteiger partial charge on any atom is 0.271 e. The van der Waals surface area contributed by atoms with Crippen LogP contribution >= 0.6 is 11.6 Å². The van der Waals surface area contributed by atoms with Gasteiger partial charge >= 0.3 is 0 Å². The number of hydrogen-bond donors (Lipinski definition) is 1. The van der Waals surface area contributed by atoms with E-state index in [2.05, 4.69) is 15.5 Å². The Kier molecular flexibility index (Phi) is 3.52. The standard InChI is InChI=1S/C11H9ClN4O/c12-10-3-1-9(2-4-10)11(17)15-14-8-16-6-5-13-7-16/h1-8H,(H,15,17)/b14-8-. The largest absolute Gasteiger partial charge is 0.295 e. The Morgan fingerprint density at radius 3 is 2.82 bits per heavy atom. The third kappa shape index (κ3) is 3.15. The van der Waals surface area contributed by atoms with Gasteiger partial charge in [-0.15, -0.1) is 0 Å². The summed E-state index contributed by atoms with van der Waals surface area (Å²) in [5.41, 5.74) is 2.89. The van der Waals surface area contributed by atoms with Crippen molar-refractivity contribution in [1.82, 2.24) is 15.0 Å². The Hall–Kier alpha value is -2.14. The molecule has 0 radical (unpaired) electrons. The second-order valence-electron chi connectivity index (χ2n) is 3.20. The van der Waals surface area contributed by atoms with Crippen molar-refractivity contribution < 1.29 is 4.79 Å². The van der Waals surface area contributed by atoms with Crippen molar-refractivity contribution in [3.8, 4) is 0 Å². The van der Waals surface area contributed by atoms with Gasteiger partial charge in [-0.1, -0.05) is 11.6 Å². The van der Waals surface area contributed by atoms with Gasteiger partial charge in [-0.25, -0.2) is 10.4 Å². The summed E-state index contributed by atoms with van der Waals surface area (Å²) in [5.74, 6) is -0.293. The number of rotatable bonds is 3. The fourth-order valence-corrected chi connectivity index (χ4v) is 1.28. The van der Waals surface area contributed by atoms with E-state index in [1.54, 1.807) is 47.6 Å². The molecular weight excluding hydrogens is 240 g/mol. The number of hydrazone groups is 1. The molecule has 1 N–H and O–H groups in total. The average molecular weight is 249 g/mol. The quantitative estimate of drug-likeness (QED) is 0.511. The van der Waals surface area contributed by atoms with Crippen LogP contribution in [0.15, 0.2) is 48.1 Å². The third-order valence-electron chi connectivity index (χ3n) is 1.99. The molecule has 2 aromatic rings. The first-order valence-electron chi connectivity index (χ1n) is 4.82. The number of amides is 1. The topological polar surface area (TPSA) is 59.3 Å². The molecule has 1 aromatic carbocycles. The molecule has 2 rings (SSSR count). The lowest BCUT2D eigenvalue weighted by molar-refractivity contribution is 0.0955. The maximum absolute atomic E-state index is 11.6. The molecule has 0 aliphatic heterocycles. The molecular formula is C11H9ClN4O. The Morgan fingerprint density at radius 2 is 2.18 bits per heavy atom. The molecule has 6 heteroatoms. The van der Waals surface area contributed by atoms with E-state index in [0.717, 1.165) is 0 Å². The molecule has 0 bridgehead atoms. The summed E-state index contributed by atoms with van der Waals surface area (Å²) in [6.45, 7) is 0. The first kappa shape index (κ1) is 11.3. The van der Waals surface area contributed by atoms with E-state index in [1.807, 2.05) is 0 Å². The van der Waals surface area contributed by atoms with Crippen molar-refractivity contribution in [3.05, 3.63) is 53.6 Å². The molecule has 0 spiro atoms. The summed E-state index contributed by atoms with van der Waals surface area (Å²) in [5, 5.41) is 4.36. The van der Waals surface area contributed by atoms with Crippen LogP contribution in [0.4, 0.5) is 0 Å². The Morgan fingerprint density at radius 1 is 1.41 bits per heavy atom. The van der Waals surface area contributed by atoms with Crippen molar-refractivity contribution in [3.63, 3.8) is 0 Å². The predicted octanol–water partition coefficient (Wildman–Crippen LogP) is 1.76. The highest BCUT2D eigenvalue weighted by Crippen LogP contribution is 2.09. The summed E-state index contributed by atoms with van der Waals surface area (Å²) in [4.78, 5) is 15.4. The number of hydrogen-bond acceptors (Lipinski definition) is 3. The number of nitrogens with zero attached hydrogens (tertiary/aromatic N) is 3. The Bertz CT molecular complexity index is 519. The fourth-order valence-electron chi connectivity index (χ4n) is 1.16. The van der Waals surface area contributed by atoms with Gasteiger partial charge in [0, 0.05) is 23.0 Å². The van der Waals surface area contributed by atoms with Crippen LogP contribution in [0.2, 0.25) is 5.02 Å². The molecule has 1 heterocycles. The first-order valence-corrected chi connectivity index (χ1v) is 5.20. The Balaban J connectivity index is 1.96. The monoisotopic (exact) mass is 248 g/mol. The lowest BCUT2D eigenvalue weighted by Gasteiger charge is -1.99. The van der Waals surface area contributed by atoms with Crippen molar-refractivity contribution in [1.29, 1.82) is 0 Å². The van der Waals surface area contributed by atoms with E-state index in [0.29, 0.717) is 10.6 Å². The molecule has 1 aromatic heterocycles. The molecule has 0 aliphatic rings. The SMILES string of the molecule is O=C(N/N=C\n1ccnc1)c1ccc(Cl)cc1. The number of carbonyl (C=O) groups excluding carboxylic acids is 1. The van der Waals surface area contributed by atoms with Crippen LogP contribution in [0.5, 0.6) is 0 Å². The lowest BCUT2D eigenvalue weighted by Crippen LogP contribution is -2.18. The summed E-state index contributed by atoms with van der Waals surface area (Å²) in [6, 6.07) is 6.56. The minimum absolute atomic E-state index is 0.293. The second-order valence-corrected chi connectivity index (χ2v) is 3.64. The van der Waals surface area contributed by atoms with Gasteiger partial charge in [0.15, 0.2) is 0 Å². The van der Waals surface area contributed by atoms with E-state index < -0.39 is 0 Å². The zero-order valence-electron chi connectivity index (χ0n) is 8.75. The van der Waals surface area contributed by atoms with Gasteiger partial charge in [-0.05, 0) is 24.3 Å². The molecule has 1 amide bonds. The van der Waals surface area contributed by atoms with Crippen molar-refractivity contribution in [2.75, 3.05) is 0 Å². The minimum atomic E-state index is -0.293. The minimum Gasteiger partial charge on any atom is -0.295 e. The summed E-state index contributed by atoms with van der Waals surface area (Å²) < 4.78 is 1.61. The van der Waals surface area contributed by atoms with E-state index in [9.17, 15) is 4.79 Å². The van der Waals surface area contributed by atoms with Crippen LogP contribution in [0, 0.1) is 0 Å². The number of carbonyl (C=O) groups is 1. The maximum atomic E-state index is 11.6. The summed E-state index contributed by atoms with van der Waals surface area (Å²) in [6.07, 6.45) is 6.34. The molecule has 17 heavy (non-hydrogen) atoms. The van der Waals surface area contributed by atoms with Crippen LogP contribution in [0.3, 0.4) is 0 Å². The van der Waals surface area contributed by atoms with Gasteiger partial charge in [0.1, 0.15) is 6.34 Å². The zero-order valence-corrected chi connectivity index (χ0v) is 9.50. The third-order valence-corrected chi connectivity index (χ3v) is 2.24. The van der Waals surface area contributed by atoms with Crippen LogP contribution < -0.4 is 5.43 Å². The fraction of sp³-hybridized carbons (Fsp3) is 0. The number of nitrogens with one attached hydrogen (secondary N) is 1. The molecule has 5 nitrogen and oxygen atoms in total. The van der Waals surface area contributed by atoms with Gasteiger partial charge in [-0.2, -0.15) is 5.10 Å². The molecule has 0 fully saturated rings. The van der Waals surface area contributed by atoms with Gasteiger partial charge in [0.2, 0.25) is 0 Å². The van der Waals surface area contributed by atoms with E-state index >= 15 is 0 Å². The molecule has 0 atom stereocenters. The van der Waals surface area contributed by atoms with Gasteiger partial charge in [0.05, 0.1) is 6.33 Å². The van der Waals surface area contributed by atoms with E-state index in [-0.39, 0.29) is 5.91 Å². The summed E-state index contributed by atoms with van der Waals surface area (Å²) in [7, 11) is 0. The average Bonchev–Trinajstić information content (AvgIpc) is 2.83. The first-order chi connectivity index (χ1) is 8.25. The van der Waals surface area contributed by atoms with Crippen LogP contribution in [-0.4, -0.2) is 21.8 Å². The Labute approximate surface area is 103 Å². The van der Waals surface area contributed by atoms with Crippen molar-refractivity contribution in [2.45, 2.75) is 0 Å². The van der Waals surface area contributed by atoms with Crippen LogP contribution in [0.25, 0.3) is 0 Å². The van der Waals surface area contributed by atoms with Crippen molar-refractivity contribution >= 4 is 23.8 Å². The lowest BCUT2D eigenvalue weighted by atomic mass is 10.2. The molecule has 86 valence electrons. The number of aromatic nitrogens is 2.